The van der Waals surface area contributed by atoms with Crippen LogP contribution in [0, 0.1) is 0 Å². The Morgan fingerprint density at radius 2 is 2.39 bits per heavy atom. The summed E-state index contributed by atoms with van der Waals surface area (Å²) < 4.78 is 0.879. The molecular weight excluding hydrogens is 316 g/mol. The number of amides is 1. The lowest BCUT2D eigenvalue weighted by Gasteiger charge is -2.22. The van der Waals surface area contributed by atoms with Gasteiger partial charge in [-0.2, -0.15) is 0 Å². The second-order valence-electron chi connectivity index (χ2n) is 4.60. The summed E-state index contributed by atoms with van der Waals surface area (Å²) in [4.78, 5) is 14.0. The average molecular weight is 332 g/mol. The number of halogens is 2. The Kier molecular flexibility index (Phi) is 4.65. The van der Waals surface area contributed by atoms with Crippen molar-refractivity contribution in [3.05, 3.63) is 33.3 Å². The van der Waals surface area contributed by atoms with Crippen molar-refractivity contribution in [2.24, 2.45) is 0 Å². The van der Waals surface area contributed by atoms with E-state index in [4.69, 9.17) is 11.6 Å². The minimum absolute atomic E-state index is 0.0267. The summed E-state index contributed by atoms with van der Waals surface area (Å²) in [5.74, 6) is -0.0267. The largest absolute Gasteiger partial charge is 0.340 e. The van der Waals surface area contributed by atoms with E-state index in [-0.39, 0.29) is 5.91 Å². The standard InChI is InChI=1S/C13H16BrClN2O/c1-17(8-10-3-2-6-16-10)13(18)11-5-4-9(14)7-12(11)15/h4-5,7,10,16H,2-3,6,8H2,1H3. The third-order valence-electron chi connectivity index (χ3n) is 3.16. The minimum atomic E-state index is -0.0267. The van der Waals surface area contributed by atoms with Crippen LogP contribution in [0.15, 0.2) is 22.7 Å². The zero-order chi connectivity index (χ0) is 13.1. The highest BCUT2D eigenvalue weighted by molar-refractivity contribution is 9.10. The molecule has 1 heterocycles. The van der Waals surface area contributed by atoms with Crippen LogP contribution in [0.3, 0.4) is 0 Å². The summed E-state index contributed by atoms with van der Waals surface area (Å²) >= 11 is 9.43. The highest BCUT2D eigenvalue weighted by atomic mass is 79.9. The summed E-state index contributed by atoms with van der Waals surface area (Å²) in [5.41, 5.74) is 0.556. The highest BCUT2D eigenvalue weighted by Crippen LogP contribution is 2.22. The number of nitrogens with zero attached hydrogens (tertiary/aromatic N) is 1. The van der Waals surface area contributed by atoms with E-state index >= 15 is 0 Å². The second kappa shape index (κ2) is 6.04. The molecule has 0 aliphatic carbocycles. The summed E-state index contributed by atoms with van der Waals surface area (Å²) in [5, 5.41) is 3.87. The van der Waals surface area contributed by atoms with E-state index in [2.05, 4.69) is 21.2 Å². The molecule has 5 heteroatoms. The Morgan fingerprint density at radius 1 is 1.61 bits per heavy atom. The van der Waals surface area contributed by atoms with E-state index < -0.39 is 0 Å². The van der Waals surface area contributed by atoms with Crippen molar-refractivity contribution in [3.8, 4) is 0 Å². The number of nitrogens with one attached hydrogen (secondary N) is 1. The van der Waals surface area contributed by atoms with Gasteiger partial charge in [-0.1, -0.05) is 27.5 Å². The SMILES string of the molecule is CN(CC1CCCN1)C(=O)c1ccc(Br)cc1Cl. The van der Waals surface area contributed by atoms with Crippen LogP contribution in [0.25, 0.3) is 0 Å². The molecule has 0 radical (unpaired) electrons. The normalized spacial score (nSPS) is 18.9. The van der Waals surface area contributed by atoms with Crippen LogP contribution in [0.1, 0.15) is 23.2 Å². The van der Waals surface area contributed by atoms with Gasteiger partial charge >= 0.3 is 0 Å². The monoisotopic (exact) mass is 330 g/mol. The van der Waals surface area contributed by atoms with Crippen molar-refractivity contribution in [2.45, 2.75) is 18.9 Å². The molecular formula is C13H16BrClN2O. The van der Waals surface area contributed by atoms with Crippen LogP contribution in [0.2, 0.25) is 5.02 Å². The second-order valence-corrected chi connectivity index (χ2v) is 5.93. The Hall–Kier alpha value is -0.580. The first-order valence-corrected chi connectivity index (χ1v) is 7.19. The molecule has 0 aromatic heterocycles. The molecule has 18 heavy (non-hydrogen) atoms. The molecule has 0 saturated carbocycles. The van der Waals surface area contributed by atoms with Crippen molar-refractivity contribution >= 4 is 33.4 Å². The summed E-state index contributed by atoms with van der Waals surface area (Å²) in [6, 6.07) is 5.75. The summed E-state index contributed by atoms with van der Waals surface area (Å²) in [6.45, 7) is 1.77. The maximum atomic E-state index is 12.3. The molecule has 1 fully saturated rings. The number of hydrogen-bond donors (Lipinski definition) is 1. The molecule has 1 aromatic carbocycles. The van der Waals surface area contributed by atoms with Crippen molar-refractivity contribution in [2.75, 3.05) is 20.1 Å². The lowest BCUT2D eigenvalue weighted by molar-refractivity contribution is 0.0784. The van der Waals surface area contributed by atoms with E-state index in [0.717, 1.165) is 24.0 Å². The van der Waals surface area contributed by atoms with Gasteiger partial charge in [-0.3, -0.25) is 4.79 Å². The van der Waals surface area contributed by atoms with E-state index in [1.807, 2.05) is 13.1 Å². The molecule has 1 atom stereocenters. The molecule has 3 nitrogen and oxygen atoms in total. The molecule has 1 amide bonds. The molecule has 98 valence electrons. The van der Waals surface area contributed by atoms with Gasteiger partial charge in [-0.25, -0.2) is 0 Å². The molecule has 0 spiro atoms. The van der Waals surface area contributed by atoms with Gasteiger partial charge in [0, 0.05) is 24.1 Å². The van der Waals surface area contributed by atoms with Crippen molar-refractivity contribution in [1.29, 1.82) is 0 Å². The van der Waals surface area contributed by atoms with Gasteiger partial charge in [0.25, 0.3) is 5.91 Å². The lowest BCUT2D eigenvalue weighted by Crippen LogP contribution is -2.38. The molecule has 1 aliphatic rings. The molecule has 1 aromatic rings. The fourth-order valence-corrected chi connectivity index (χ4v) is 2.95. The van der Waals surface area contributed by atoms with Crippen LogP contribution in [0.5, 0.6) is 0 Å². The third-order valence-corrected chi connectivity index (χ3v) is 3.97. The number of carbonyl (C=O) groups excluding carboxylic acids is 1. The summed E-state index contributed by atoms with van der Waals surface area (Å²) in [6.07, 6.45) is 2.32. The highest BCUT2D eigenvalue weighted by Gasteiger charge is 2.21. The lowest BCUT2D eigenvalue weighted by atomic mass is 10.1. The van der Waals surface area contributed by atoms with Crippen LogP contribution in [-0.4, -0.2) is 37.0 Å². The zero-order valence-corrected chi connectivity index (χ0v) is 12.6. The number of rotatable bonds is 3. The first-order valence-electron chi connectivity index (χ1n) is 6.02. The fraction of sp³-hybridized carbons (Fsp3) is 0.462. The third kappa shape index (κ3) is 3.25. The maximum absolute atomic E-state index is 12.3. The average Bonchev–Trinajstić information content (AvgIpc) is 2.81. The Balaban J connectivity index is 2.05. The van der Waals surface area contributed by atoms with Gasteiger partial charge in [0.2, 0.25) is 0 Å². The number of carbonyl (C=O) groups is 1. The van der Waals surface area contributed by atoms with Crippen molar-refractivity contribution in [1.82, 2.24) is 10.2 Å². The Bertz CT molecular complexity index is 447. The number of benzene rings is 1. The van der Waals surface area contributed by atoms with Gasteiger partial charge in [0.1, 0.15) is 0 Å². The quantitative estimate of drug-likeness (QED) is 0.923. The minimum Gasteiger partial charge on any atom is -0.340 e. The van der Waals surface area contributed by atoms with E-state index in [1.54, 1.807) is 17.0 Å². The Labute approximate surface area is 121 Å². The van der Waals surface area contributed by atoms with Crippen LogP contribution in [0.4, 0.5) is 0 Å². The first kappa shape index (κ1) is 13.8. The number of hydrogen-bond acceptors (Lipinski definition) is 2. The van der Waals surface area contributed by atoms with Gasteiger partial charge in [0.15, 0.2) is 0 Å². The van der Waals surface area contributed by atoms with E-state index in [1.165, 1.54) is 6.42 Å². The van der Waals surface area contributed by atoms with Crippen LogP contribution in [-0.2, 0) is 0 Å². The predicted octanol–water partition coefficient (Wildman–Crippen LogP) is 2.93. The molecule has 0 bridgehead atoms. The van der Waals surface area contributed by atoms with Crippen molar-refractivity contribution < 1.29 is 4.79 Å². The van der Waals surface area contributed by atoms with Crippen molar-refractivity contribution in [3.63, 3.8) is 0 Å². The van der Waals surface area contributed by atoms with E-state index in [9.17, 15) is 4.79 Å². The van der Waals surface area contributed by atoms with Gasteiger partial charge in [0.05, 0.1) is 10.6 Å². The van der Waals surface area contributed by atoms with Crippen LogP contribution >= 0.6 is 27.5 Å². The van der Waals surface area contributed by atoms with E-state index in [0.29, 0.717) is 16.6 Å². The van der Waals surface area contributed by atoms with Gasteiger partial charge < -0.3 is 10.2 Å². The van der Waals surface area contributed by atoms with Crippen LogP contribution < -0.4 is 5.32 Å². The predicted molar refractivity (Wildman–Crippen MR) is 77.1 cm³/mol. The number of likely N-dealkylation sites (N-methyl/N-ethyl adjacent to an activating group) is 1. The molecule has 1 unspecified atom stereocenters. The molecule has 1 saturated heterocycles. The first-order chi connectivity index (χ1) is 8.58. The van der Waals surface area contributed by atoms with Gasteiger partial charge in [-0.05, 0) is 37.6 Å². The molecule has 2 rings (SSSR count). The smallest absolute Gasteiger partial charge is 0.255 e. The fourth-order valence-electron chi connectivity index (χ4n) is 2.19. The molecule has 1 N–H and O–H groups in total. The zero-order valence-electron chi connectivity index (χ0n) is 10.2. The molecule has 1 aliphatic heterocycles. The maximum Gasteiger partial charge on any atom is 0.255 e. The van der Waals surface area contributed by atoms with Gasteiger partial charge in [-0.15, -0.1) is 0 Å². The Morgan fingerprint density at radius 3 is 3.00 bits per heavy atom. The summed E-state index contributed by atoms with van der Waals surface area (Å²) in [7, 11) is 1.82. The topological polar surface area (TPSA) is 32.3 Å².